The minimum atomic E-state index is 0.0738. The number of fused-ring (bicyclic) bond motifs is 1. The highest BCUT2D eigenvalue weighted by Gasteiger charge is 2.34. The van der Waals surface area contributed by atoms with Gasteiger partial charge in [-0.15, -0.1) is 0 Å². The van der Waals surface area contributed by atoms with Crippen LogP contribution in [0.25, 0.3) is 0 Å². The predicted molar refractivity (Wildman–Crippen MR) is 93.7 cm³/mol. The van der Waals surface area contributed by atoms with Gasteiger partial charge in [0, 0.05) is 44.3 Å². The lowest BCUT2D eigenvalue weighted by atomic mass is 9.95. The summed E-state index contributed by atoms with van der Waals surface area (Å²) in [4.78, 5) is 21.9. The van der Waals surface area contributed by atoms with Crippen LogP contribution in [0.2, 0.25) is 0 Å². The van der Waals surface area contributed by atoms with Crippen molar-refractivity contribution in [3.63, 3.8) is 0 Å². The van der Waals surface area contributed by atoms with Crippen LogP contribution in [0.4, 0.5) is 5.82 Å². The number of nitrogens with zero attached hydrogens (tertiary/aromatic N) is 4. The van der Waals surface area contributed by atoms with Gasteiger partial charge in [-0.3, -0.25) is 4.79 Å². The van der Waals surface area contributed by atoms with Gasteiger partial charge in [0.05, 0.1) is 12.0 Å². The molecule has 0 radical (unpaired) electrons. The molecule has 2 aliphatic heterocycles. The summed E-state index contributed by atoms with van der Waals surface area (Å²) in [7, 11) is 0. The fourth-order valence-corrected chi connectivity index (χ4v) is 4.04. The van der Waals surface area contributed by atoms with Gasteiger partial charge in [-0.1, -0.05) is 6.07 Å². The van der Waals surface area contributed by atoms with E-state index in [9.17, 15) is 4.79 Å². The Kier molecular flexibility index (Phi) is 4.00. The first-order valence-corrected chi connectivity index (χ1v) is 8.85. The molecule has 5 heteroatoms. The van der Waals surface area contributed by atoms with Crippen molar-refractivity contribution in [3.8, 4) is 0 Å². The highest BCUT2D eigenvalue weighted by atomic mass is 16.2. The minimum Gasteiger partial charge on any atom is -0.356 e. The Morgan fingerprint density at radius 2 is 2.08 bits per heavy atom. The molecule has 0 aliphatic carbocycles. The SMILES string of the molecule is C[C@H]1c2cccn2CCN1C(=O)[C@@H]1CCCN(c2ccccn2)C1. The Morgan fingerprint density at radius 1 is 1.17 bits per heavy atom. The zero-order valence-electron chi connectivity index (χ0n) is 14.1. The lowest BCUT2D eigenvalue weighted by molar-refractivity contribution is -0.139. The highest BCUT2D eigenvalue weighted by molar-refractivity contribution is 5.80. The molecule has 0 aromatic carbocycles. The number of carbonyl (C=O) groups is 1. The summed E-state index contributed by atoms with van der Waals surface area (Å²) in [5.41, 5.74) is 1.24. The molecule has 126 valence electrons. The topological polar surface area (TPSA) is 41.4 Å². The van der Waals surface area contributed by atoms with Gasteiger partial charge in [0.15, 0.2) is 0 Å². The lowest BCUT2D eigenvalue weighted by Crippen LogP contribution is -2.48. The molecule has 0 saturated carbocycles. The number of carbonyl (C=O) groups excluding carboxylic acids is 1. The monoisotopic (exact) mass is 324 g/mol. The average Bonchev–Trinajstić information content (AvgIpc) is 3.12. The van der Waals surface area contributed by atoms with Gasteiger partial charge in [-0.05, 0) is 44.0 Å². The van der Waals surface area contributed by atoms with Crippen molar-refractivity contribution in [1.29, 1.82) is 0 Å². The Balaban J connectivity index is 1.48. The quantitative estimate of drug-likeness (QED) is 0.853. The smallest absolute Gasteiger partial charge is 0.228 e. The molecule has 2 atom stereocenters. The van der Waals surface area contributed by atoms with Gasteiger partial charge in [0.25, 0.3) is 0 Å². The van der Waals surface area contributed by atoms with Gasteiger partial charge in [-0.25, -0.2) is 4.98 Å². The molecule has 0 spiro atoms. The zero-order chi connectivity index (χ0) is 16.5. The molecule has 5 nitrogen and oxygen atoms in total. The van der Waals surface area contributed by atoms with Crippen LogP contribution in [0.5, 0.6) is 0 Å². The summed E-state index contributed by atoms with van der Waals surface area (Å²) in [6.07, 6.45) is 5.96. The van der Waals surface area contributed by atoms with E-state index in [0.717, 1.165) is 44.8 Å². The minimum absolute atomic E-state index is 0.0738. The molecular formula is C19H24N4O. The van der Waals surface area contributed by atoms with Crippen molar-refractivity contribution >= 4 is 11.7 Å². The molecule has 1 saturated heterocycles. The maximum atomic E-state index is 13.1. The van der Waals surface area contributed by atoms with Crippen LogP contribution in [0, 0.1) is 5.92 Å². The maximum Gasteiger partial charge on any atom is 0.228 e. The van der Waals surface area contributed by atoms with Crippen LogP contribution in [0.1, 0.15) is 31.5 Å². The predicted octanol–water partition coefficient (Wildman–Crippen LogP) is 2.70. The van der Waals surface area contributed by atoms with Crippen LogP contribution in [0.3, 0.4) is 0 Å². The van der Waals surface area contributed by atoms with Crippen molar-refractivity contribution in [2.24, 2.45) is 5.92 Å². The third kappa shape index (κ3) is 2.68. The third-order valence-electron chi connectivity index (χ3n) is 5.37. The number of hydrogen-bond acceptors (Lipinski definition) is 3. The molecule has 1 amide bonds. The van der Waals surface area contributed by atoms with Crippen LogP contribution in [0.15, 0.2) is 42.7 Å². The van der Waals surface area contributed by atoms with Crippen molar-refractivity contribution in [2.45, 2.75) is 32.4 Å². The number of pyridine rings is 1. The highest BCUT2D eigenvalue weighted by Crippen LogP contribution is 2.29. The van der Waals surface area contributed by atoms with Crippen molar-refractivity contribution in [1.82, 2.24) is 14.5 Å². The molecule has 4 rings (SSSR count). The van der Waals surface area contributed by atoms with E-state index in [4.69, 9.17) is 0 Å². The Hall–Kier alpha value is -2.30. The van der Waals surface area contributed by atoms with Gasteiger partial charge >= 0.3 is 0 Å². The summed E-state index contributed by atoms with van der Waals surface area (Å²) in [6.45, 7) is 5.61. The van der Waals surface area contributed by atoms with E-state index in [2.05, 4.69) is 44.6 Å². The van der Waals surface area contributed by atoms with Crippen LogP contribution in [-0.2, 0) is 11.3 Å². The fraction of sp³-hybridized carbons (Fsp3) is 0.474. The first-order chi connectivity index (χ1) is 11.7. The molecule has 0 N–H and O–H groups in total. The van der Waals surface area contributed by atoms with Gasteiger partial charge < -0.3 is 14.4 Å². The normalized spacial score (nSPS) is 23.9. The summed E-state index contributed by atoms with van der Waals surface area (Å²) >= 11 is 0. The van der Waals surface area contributed by atoms with E-state index < -0.39 is 0 Å². The van der Waals surface area contributed by atoms with E-state index >= 15 is 0 Å². The zero-order valence-corrected chi connectivity index (χ0v) is 14.1. The van der Waals surface area contributed by atoms with E-state index in [1.165, 1.54) is 5.69 Å². The van der Waals surface area contributed by atoms with E-state index in [1.54, 1.807) is 0 Å². The van der Waals surface area contributed by atoms with Crippen LogP contribution in [-0.4, -0.2) is 40.0 Å². The van der Waals surface area contributed by atoms with Crippen LogP contribution < -0.4 is 4.90 Å². The number of piperidine rings is 1. The average molecular weight is 324 g/mol. The Bertz CT molecular complexity index is 711. The molecule has 1 fully saturated rings. The molecule has 0 unspecified atom stereocenters. The number of aromatic nitrogens is 2. The lowest BCUT2D eigenvalue weighted by Gasteiger charge is -2.40. The molecule has 0 bridgehead atoms. The van der Waals surface area contributed by atoms with Crippen LogP contribution >= 0.6 is 0 Å². The van der Waals surface area contributed by atoms with E-state index in [-0.39, 0.29) is 12.0 Å². The summed E-state index contributed by atoms with van der Waals surface area (Å²) in [6, 6.07) is 10.3. The van der Waals surface area contributed by atoms with Crippen molar-refractivity contribution in [3.05, 3.63) is 48.4 Å². The first-order valence-electron chi connectivity index (χ1n) is 8.85. The largest absolute Gasteiger partial charge is 0.356 e. The molecule has 2 aliphatic rings. The summed E-state index contributed by atoms with van der Waals surface area (Å²) < 4.78 is 2.26. The molecule has 4 heterocycles. The molecule has 2 aromatic rings. The van der Waals surface area contributed by atoms with Gasteiger partial charge in [0.2, 0.25) is 5.91 Å². The molecule has 24 heavy (non-hydrogen) atoms. The Labute approximate surface area is 142 Å². The molecular weight excluding hydrogens is 300 g/mol. The second-order valence-electron chi connectivity index (χ2n) is 6.81. The number of hydrogen-bond donors (Lipinski definition) is 0. The fourth-order valence-electron chi connectivity index (χ4n) is 4.04. The molecule has 2 aromatic heterocycles. The third-order valence-corrected chi connectivity index (χ3v) is 5.37. The summed E-state index contributed by atoms with van der Waals surface area (Å²) in [5, 5.41) is 0. The second-order valence-corrected chi connectivity index (χ2v) is 6.81. The standard InChI is InChI=1S/C19H24N4O/c1-15-17-7-5-10-21(17)12-13-23(15)19(24)16-6-4-11-22(14-16)18-8-2-3-9-20-18/h2-3,5,7-10,15-16H,4,6,11-14H2,1H3/t15-,16+/m0/s1. The maximum absolute atomic E-state index is 13.1. The Morgan fingerprint density at radius 3 is 2.92 bits per heavy atom. The second kappa shape index (κ2) is 6.30. The van der Waals surface area contributed by atoms with E-state index in [1.807, 2.05) is 24.4 Å². The summed E-state index contributed by atoms with van der Waals surface area (Å²) in [5.74, 6) is 1.36. The number of amides is 1. The van der Waals surface area contributed by atoms with Gasteiger partial charge in [0.1, 0.15) is 5.82 Å². The first kappa shape index (κ1) is 15.2. The number of rotatable bonds is 2. The van der Waals surface area contributed by atoms with Gasteiger partial charge in [-0.2, -0.15) is 0 Å². The number of anilines is 1. The van der Waals surface area contributed by atoms with E-state index in [0.29, 0.717) is 5.91 Å². The van der Waals surface area contributed by atoms with Crippen molar-refractivity contribution < 1.29 is 4.79 Å². The van der Waals surface area contributed by atoms with Crippen molar-refractivity contribution in [2.75, 3.05) is 24.5 Å².